The maximum absolute atomic E-state index is 12.4. The van der Waals surface area contributed by atoms with E-state index in [9.17, 15) is 18.0 Å². The van der Waals surface area contributed by atoms with E-state index < -0.39 is 17.9 Å². The van der Waals surface area contributed by atoms with Crippen LogP contribution in [0.15, 0.2) is 46.4 Å². The molecule has 1 aromatic rings. The fourth-order valence-corrected chi connectivity index (χ4v) is 1.66. The number of halogens is 3. The minimum atomic E-state index is -4.67. The summed E-state index contributed by atoms with van der Waals surface area (Å²) in [5.41, 5.74) is 0. The molecule has 1 rings (SSSR count). The Morgan fingerprint density at radius 2 is 1.88 bits per heavy atom. The molecule has 0 heterocycles. The summed E-state index contributed by atoms with van der Waals surface area (Å²) in [7, 11) is 0. The van der Waals surface area contributed by atoms with Gasteiger partial charge in [0.1, 0.15) is 0 Å². The summed E-state index contributed by atoms with van der Waals surface area (Å²) in [6, 6.07) is 8.47. The first-order valence-corrected chi connectivity index (χ1v) is 5.45. The van der Waals surface area contributed by atoms with Crippen LogP contribution < -0.4 is 0 Å². The number of ether oxygens (including phenoxy) is 1. The van der Waals surface area contributed by atoms with Gasteiger partial charge in [-0.05, 0) is 12.1 Å². The zero-order valence-electron chi connectivity index (χ0n) is 8.82. The summed E-state index contributed by atoms with van der Waals surface area (Å²) < 4.78 is 41.4. The fraction of sp³-hybridized carbons (Fsp3) is 0.182. The molecule has 17 heavy (non-hydrogen) atoms. The molecular formula is C11H9F3O2S. The van der Waals surface area contributed by atoms with Crippen LogP contribution in [0.4, 0.5) is 13.2 Å². The highest BCUT2D eigenvalue weighted by Gasteiger charge is 2.37. The van der Waals surface area contributed by atoms with Crippen molar-refractivity contribution >= 4 is 17.7 Å². The van der Waals surface area contributed by atoms with Gasteiger partial charge in [-0.15, -0.1) is 0 Å². The molecule has 92 valence electrons. The molecule has 0 aromatic heterocycles. The Kier molecular flexibility index (Phi) is 4.62. The van der Waals surface area contributed by atoms with Crippen molar-refractivity contribution in [2.45, 2.75) is 18.0 Å². The summed E-state index contributed by atoms with van der Waals surface area (Å²) in [6.07, 6.45) is -4.67. The maximum atomic E-state index is 12.4. The first-order valence-electron chi connectivity index (χ1n) is 4.57. The molecule has 0 atom stereocenters. The molecule has 0 saturated carbocycles. The minimum Gasteiger partial charge on any atom is -0.421 e. The zero-order chi connectivity index (χ0) is 12.9. The van der Waals surface area contributed by atoms with E-state index in [1.807, 2.05) is 0 Å². The Hall–Kier alpha value is -1.43. The topological polar surface area (TPSA) is 26.3 Å². The number of carbonyl (C=O) groups excluding carboxylic acids is 1. The lowest BCUT2D eigenvalue weighted by Gasteiger charge is -2.10. The fourth-order valence-electron chi connectivity index (χ4n) is 0.924. The van der Waals surface area contributed by atoms with Gasteiger partial charge in [0.2, 0.25) is 5.76 Å². The van der Waals surface area contributed by atoms with Crippen LogP contribution in [-0.4, -0.2) is 12.1 Å². The molecule has 0 bridgehead atoms. The molecule has 0 spiro atoms. The second-order valence-electron chi connectivity index (χ2n) is 3.00. The van der Waals surface area contributed by atoms with Gasteiger partial charge in [0.15, 0.2) is 0 Å². The van der Waals surface area contributed by atoms with Crippen LogP contribution in [0, 0.1) is 0 Å². The number of thioether (sulfide) groups is 1. The van der Waals surface area contributed by atoms with Crippen molar-refractivity contribution in [2.75, 3.05) is 0 Å². The number of allylic oxidation sites excluding steroid dienone is 1. The summed E-state index contributed by atoms with van der Waals surface area (Å²) >= 11 is 0.838. The van der Waals surface area contributed by atoms with Crippen LogP contribution in [0.25, 0.3) is 0 Å². The van der Waals surface area contributed by atoms with Gasteiger partial charge in [-0.25, -0.2) is 0 Å². The molecule has 2 nitrogen and oxygen atoms in total. The van der Waals surface area contributed by atoms with Crippen molar-refractivity contribution in [3.63, 3.8) is 0 Å². The monoisotopic (exact) mass is 262 g/mol. The van der Waals surface area contributed by atoms with E-state index in [1.54, 1.807) is 30.3 Å². The van der Waals surface area contributed by atoms with Crippen molar-refractivity contribution in [2.24, 2.45) is 0 Å². The molecule has 0 aliphatic rings. The summed E-state index contributed by atoms with van der Waals surface area (Å²) in [6.45, 7) is 0.923. The first kappa shape index (κ1) is 13.6. The van der Waals surface area contributed by atoms with Crippen LogP contribution >= 0.6 is 11.8 Å². The second-order valence-corrected chi connectivity index (χ2v) is 3.95. The SMILES string of the molecule is CC(=O)O/C(=C\Sc1ccccc1)C(F)(F)F. The van der Waals surface area contributed by atoms with Gasteiger partial charge in [-0.1, -0.05) is 30.0 Å². The molecule has 0 fully saturated rings. The van der Waals surface area contributed by atoms with Gasteiger partial charge in [-0.2, -0.15) is 13.2 Å². The van der Waals surface area contributed by atoms with Crippen LogP contribution in [0.1, 0.15) is 6.92 Å². The highest BCUT2D eigenvalue weighted by molar-refractivity contribution is 8.02. The highest BCUT2D eigenvalue weighted by atomic mass is 32.2. The van der Waals surface area contributed by atoms with E-state index in [2.05, 4.69) is 4.74 Å². The molecule has 6 heteroatoms. The second kappa shape index (κ2) is 5.77. The minimum absolute atomic E-state index is 0.626. The quantitative estimate of drug-likeness (QED) is 0.471. The predicted octanol–water partition coefficient (Wildman–Crippen LogP) is 3.75. The number of carbonyl (C=O) groups is 1. The van der Waals surface area contributed by atoms with E-state index in [-0.39, 0.29) is 0 Å². The van der Waals surface area contributed by atoms with E-state index in [0.29, 0.717) is 4.90 Å². The Labute approximate surface area is 100 Å². The van der Waals surface area contributed by atoms with Crippen molar-refractivity contribution < 1.29 is 22.7 Å². The average molecular weight is 262 g/mol. The van der Waals surface area contributed by atoms with Crippen LogP contribution in [0.5, 0.6) is 0 Å². The van der Waals surface area contributed by atoms with E-state index in [4.69, 9.17) is 0 Å². The lowest BCUT2D eigenvalue weighted by molar-refractivity contribution is -0.158. The molecule has 0 saturated heterocycles. The molecule has 0 N–H and O–H groups in total. The van der Waals surface area contributed by atoms with Crippen molar-refractivity contribution in [3.05, 3.63) is 41.5 Å². The van der Waals surface area contributed by atoms with Crippen molar-refractivity contribution in [3.8, 4) is 0 Å². The number of rotatable bonds is 3. The van der Waals surface area contributed by atoms with Crippen LogP contribution in [0.3, 0.4) is 0 Å². The Balaban J connectivity index is 2.80. The lowest BCUT2D eigenvalue weighted by Crippen LogP contribution is -2.16. The first-order chi connectivity index (χ1) is 7.89. The molecule has 0 amide bonds. The van der Waals surface area contributed by atoms with Gasteiger partial charge >= 0.3 is 12.1 Å². The summed E-state index contributed by atoms with van der Waals surface area (Å²) in [4.78, 5) is 11.2. The number of esters is 1. The predicted molar refractivity (Wildman–Crippen MR) is 58.2 cm³/mol. The van der Waals surface area contributed by atoms with Gasteiger partial charge < -0.3 is 4.74 Å². The lowest BCUT2D eigenvalue weighted by atomic mass is 10.4. The molecule has 0 radical (unpaired) electrons. The highest BCUT2D eigenvalue weighted by Crippen LogP contribution is 2.31. The van der Waals surface area contributed by atoms with Gasteiger partial charge in [-0.3, -0.25) is 4.79 Å². The number of hydrogen-bond acceptors (Lipinski definition) is 3. The number of benzene rings is 1. The zero-order valence-corrected chi connectivity index (χ0v) is 9.64. The Bertz CT molecular complexity index is 412. The Morgan fingerprint density at radius 1 is 1.29 bits per heavy atom. The van der Waals surface area contributed by atoms with E-state index >= 15 is 0 Å². The summed E-state index contributed by atoms with van der Waals surface area (Å²) in [5.74, 6) is -2.30. The van der Waals surface area contributed by atoms with E-state index in [0.717, 1.165) is 24.1 Å². The molecule has 0 unspecified atom stereocenters. The normalized spacial score (nSPS) is 12.4. The van der Waals surface area contributed by atoms with Gasteiger partial charge in [0, 0.05) is 17.2 Å². The van der Waals surface area contributed by atoms with Gasteiger partial charge in [0.25, 0.3) is 0 Å². The van der Waals surface area contributed by atoms with Crippen LogP contribution in [0.2, 0.25) is 0 Å². The van der Waals surface area contributed by atoms with Gasteiger partial charge in [0.05, 0.1) is 0 Å². The van der Waals surface area contributed by atoms with Crippen LogP contribution in [-0.2, 0) is 9.53 Å². The Morgan fingerprint density at radius 3 is 2.35 bits per heavy atom. The largest absolute Gasteiger partial charge is 0.450 e. The third-order valence-corrected chi connectivity index (χ3v) is 2.45. The van der Waals surface area contributed by atoms with Crippen molar-refractivity contribution in [1.29, 1.82) is 0 Å². The third kappa shape index (κ3) is 4.95. The summed E-state index contributed by atoms with van der Waals surface area (Å²) in [5, 5.41) is 0.775. The van der Waals surface area contributed by atoms with Crippen molar-refractivity contribution in [1.82, 2.24) is 0 Å². The number of alkyl halides is 3. The molecular weight excluding hydrogens is 253 g/mol. The maximum Gasteiger partial charge on any atom is 0.450 e. The average Bonchev–Trinajstić information content (AvgIpc) is 2.23. The standard InChI is InChI=1S/C11H9F3O2S/c1-8(15)16-10(11(12,13)14)7-17-9-5-3-2-4-6-9/h2-7H,1H3/b10-7-. The molecule has 1 aromatic carbocycles. The molecule has 0 aliphatic heterocycles. The smallest absolute Gasteiger partial charge is 0.421 e. The van der Waals surface area contributed by atoms with E-state index in [1.165, 1.54) is 0 Å². The number of hydrogen-bond donors (Lipinski definition) is 0. The third-order valence-electron chi connectivity index (χ3n) is 1.58. The molecule has 0 aliphatic carbocycles.